The number of hydrogen-bond donors (Lipinski definition) is 0. The van der Waals surface area contributed by atoms with Crippen molar-refractivity contribution in [1.82, 2.24) is 25.1 Å². The third kappa shape index (κ3) is 3.10. The molecule has 1 fully saturated rings. The smallest absolute Gasteiger partial charge is 0.258 e. The maximum absolute atomic E-state index is 5.26. The fraction of sp³-hybridized carbons (Fsp3) is 0.389. The second-order valence-electron chi connectivity index (χ2n) is 6.43. The minimum atomic E-state index is 0.525. The van der Waals surface area contributed by atoms with Crippen LogP contribution in [0.1, 0.15) is 17.1 Å². The van der Waals surface area contributed by atoms with E-state index < -0.39 is 0 Å². The number of rotatable bonds is 3. The Morgan fingerprint density at radius 2 is 1.73 bits per heavy atom. The Balaban J connectivity index is 1.49. The van der Waals surface area contributed by atoms with Crippen LogP contribution in [-0.2, 0) is 0 Å². The summed E-state index contributed by atoms with van der Waals surface area (Å²) in [5.41, 5.74) is 3.06. The molecule has 0 N–H and O–H groups in total. The third-order valence-corrected chi connectivity index (χ3v) is 4.73. The van der Waals surface area contributed by atoms with E-state index >= 15 is 0 Å². The number of piperazine rings is 1. The zero-order valence-corrected chi connectivity index (χ0v) is 15.2. The van der Waals surface area contributed by atoms with Gasteiger partial charge in [0.1, 0.15) is 18.0 Å². The van der Waals surface area contributed by atoms with Gasteiger partial charge >= 0.3 is 0 Å². The van der Waals surface area contributed by atoms with Gasteiger partial charge in [0.2, 0.25) is 0 Å². The van der Waals surface area contributed by atoms with Crippen LogP contribution in [0, 0.1) is 20.8 Å². The lowest BCUT2D eigenvalue weighted by Gasteiger charge is -2.36. The van der Waals surface area contributed by atoms with E-state index in [1.54, 1.807) is 12.5 Å². The second-order valence-corrected chi connectivity index (χ2v) is 6.43. The van der Waals surface area contributed by atoms with Crippen molar-refractivity contribution in [2.45, 2.75) is 20.8 Å². The molecule has 8 nitrogen and oxygen atoms in total. The maximum atomic E-state index is 5.26. The largest absolute Gasteiger partial charge is 0.353 e. The highest BCUT2D eigenvalue weighted by atomic mass is 16.5. The minimum Gasteiger partial charge on any atom is -0.353 e. The lowest BCUT2D eigenvalue weighted by atomic mass is 10.2. The standard InChI is InChI=1S/C18H21N7O/c1-12-13(2)20-11-21-17(12)25-8-6-24(7-9-25)16-10-15(4-5-19-16)18-22-14(3)23-26-18/h4-5,10-11H,6-9H2,1-3H3. The molecule has 26 heavy (non-hydrogen) atoms. The minimum absolute atomic E-state index is 0.525. The van der Waals surface area contributed by atoms with Crippen LogP contribution >= 0.6 is 0 Å². The fourth-order valence-electron chi connectivity index (χ4n) is 3.13. The third-order valence-electron chi connectivity index (χ3n) is 4.73. The average Bonchev–Trinajstić information content (AvgIpc) is 3.11. The molecule has 0 unspecified atom stereocenters. The summed E-state index contributed by atoms with van der Waals surface area (Å²) in [5, 5.41) is 3.86. The molecule has 0 aliphatic carbocycles. The van der Waals surface area contributed by atoms with Crippen molar-refractivity contribution >= 4 is 11.6 Å². The zero-order valence-electron chi connectivity index (χ0n) is 15.2. The van der Waals surface area contributed by atoms with Crippen LogP contribution in [0.3, 0.4) is 0 Å². The average molecular weight is 351 g/mol. The summed E-state index contributed by atoms with van der Waals surface area (Å²) in [7, 11) is 0. The van der Waals surface area contributed by atoms with Crippen molar-refractivity contribution in [2.24, 2.45) is 0 Å². The summed E-state index contributed by atoms with van der Waals surface area (Å²) in [5.74, 6) is 3.10. The maximum Gasteiger partial charge on any atom is 0.258 e. The first-order chi connectivity index (χ1) is 12.6. The summed E-state index contributed by atoms with van der Waals surface area (Å²) in [6.07, 6.45) is 3.43. The lowest BCUT2D eigenvalue weighted by Crippen LogP contribution is -2.47. The summed E-state index contributed by atoms with van der Waals surface area (Å²) >= 11 is 0. The van der Waals surface area contributed by atoms with Gasteiger partial charge in [0.25, 0.3) is 5.89 Å². The highest BCUT2D eigenvalue weighted by Gasteiger charge is 2.21. The van der Waals surface area contributed by atoms with Crippen molar-refractivity contribution in [3.63, 3.8) is 0 Å². The number of hydrogen-bond acceptors (Lipinski definition) is 8. The Hall–Kier alpha value is -3.03. The quantitative estimate of drug-likeness (QED) is 0.710. The topological polar surface area (TPSA) is 84.1 Å². The Kier molecular flexibility index (Phi) is 4.24. The molecular formula is C18H21N7O. The van der Waals surface area contributed by atoms with Crippen molar-refractivity contribution in [3.8, 4) is 11.5 Å². The Bertz CT molecular complexity index is 915. The first kappa shape index (κ1) is 16.4. The van der Waals surface area contributed by atoms with E-state index in [4.69, 9.17) is 4.52 Å². The van der Waals surface area contributed by atoms with Crippen molar-refractivity contribution in [3.05, 3.63) is 41.7 Å². The van der Waals surface area contributed by atoms with Crippen molar-refractivity contribution in [1.29, 1.82) is 0 Å². The molecule has 3 aromatic heterocycles. The molecule has 134 valence electrons. The summed E-state index contributed by atoms with van der Waals surface area (Å²) in [6, 6.07) is 3.89. The Labute approximate surface area is 151 Å². The normalized spacial score (nSPS) is 14.7. The molecule has 0 aromatic carbocycles. The van der Waals surface area contributed by atoms with Gasteiger partial charge in [-0.25, -0.2) is 15.0 Å². The van der Waals surface area contributed by atoms with Crippen LogP contribution in [0.4, 0.5) is 11.6 Å². The van der Waals surface area contributed by atoms with Crippen LogP contribution in [-0.4, -0.2) is 51.3 Å². The van der Waals surface area contributed by atoms with E-state index in [-0.39, 0.29) is 0 Å². The molecule has 1 saturated heterocycles. The molecule has 0 bridgehead atoms. The van der Waals surface area contributed by atoms with E-state index in [0.29, 0.717) is 11.7 Å². The van der Waals surface area contributed by atoms with Gasteiger partial charge in [0, 0.05) is 49.2 Å². The van der Waals surface area contributed by atoms with Crippen LogP contribution in [0.25, 0.3) is 11.5 Å². The number of aromatic nitrogens is 5. The molecule has 0 radical (unpaired) electrons. The SMILES string of the molecule is Cc1noc(-c2ccnc(N3CCN(c4ncnc(C)c4C)CC3)c2)n1. The van der Waals surface area contributed by atoms with Crippen LogP contribution < -0.4 is 9.80 Å². The lowest BCUT2D eigenvalue weighted by molar-refractivity contribution is 0.425. The Morgan fingerprint density at radius 1 is 0.962 bits per heavy atom. The molecule has 4 rings (SSSR count). The van der Waals surface area contributed by atoms with Gasteiger partial charge in [0.05, 0.1) is 0 Å². The van der Waals surface area contributed by atoms with E-state index in [1.165, 1.54) is 0 Å². The predicted molar refractivity (Wildman–Crippen MR) is 98.2 cm³/mol. The molecule has 0 amide bonds. The van der Waals surface area contributed by atoms with Gasteiger partial charge < -0.3 is 14.3 Å². The highest BCUT2D eigenvalue weighted by Crippen LogP contribution is 2.24. The predicted octanol–water partition coefficient (Wildman–Crippen LogP) is 2.17. The molecule has 4 heterocycles. The molecule has 0 atom stereocenters. The summed E-state index contributed by atoms with van der Waals surface area (Å²) in [6.45, 7) is 9.44. The van der Waals surface area contributed by atoms with Crippen molar-refractivity contribution < 1.29 is 4.52 Å². The zero-order chi connectivity index (χ0) is 18.1. The molecule has 0 spiro atoms. The monoisotopic (exact) mass is 351 g/mol. The number of aryl methyl sites for hydroxylation is 2. The fourth-order valence-corrected chi connectivity index (χ4v) is 3.13. The van der Waals surface area contributed by atoms with E-state index in [9.17, 15) is 0 Å². The number of pyridine rings is 1. The van der Waals surface area contributed by atoms with Gasteiger partial charge in [-0.15, -0.1) is 0 Å². The first-order valence-corrected chi connectivity index (χ1v) is 8.66. The highest BCUT2D eigenvalue weighted by molar-refractivity contribution is 5.59. The molecule has 0 saturated carbocycles. The first-order valence-electron chi connectivity index (χ1n) is 8.66. The van der Waals surface area contributed by atoms with Gasteiger partial charge in [-0.2, -0.15) is 4.98 Å². The molecular weight excluding hydrogens is 330 g/mol. The molecule has 1 aliphatic rings. The summed E-state index contributed by atoms with van der Waals surface area (Å²) in [4.78, 5) is 22.1. The van der Waals surface area contributed by atoms with E-state index in [1.807, 2.05) is 26.0 Å². The van der Waals surface area contributed by atoms with Crippen LogP contribution in [0.5, 0.6) is 0 Å². The molecule has 1 aliphatic heterocycles. The van der Waals surface area contributed by atoms with Gasteiger partial charge in [0.15, 0.2) is 5.82 Å². The second kappa shape index (κ2) is 6.70. The van der Waals surface area contributed by atoms with E-state index in [2.05, 4.69) is 41.8 Å². The van der Waals surface area contributed by atoms with Gasteiger partial charge in [-0.1, -0.05) is 5.16 Å². The van der Waals surface area contributed by atoms with Gasteiger partial charge in [-0.3, -0.25) is 0 Å². The van der Waals surface area contributed by atoms with Crippen LogP contribution in [0.15, 0.2) is 29.2 Å². The van der Waals surface area contributed by atoms with Gasteiger partial charge in [-0.05, 0) is 32.9 Å². The van der Waals surface area contributed by atoms with E-state index in [0.717, 1.165) is 54.6 Å². The summed E-state index contributed by atoms with van der Waals surface area (Å²) < 4.78 is 5.26. The Morgan fingerprint density at radius 3 is 2.46 bits per heavy atom. The van der Waals surface area contributed by atoms with Crippen LogP contribution in [0.2, 0.25) is 0 Å². The number of anilines is 2. The number of nitrogens with zero attached hydrogens (tertiary/aromatic N) is 7. The van der Waals surface area contributed by atoms with Crippen molar-refractivity contribution in [2.75, 3.05) is 36.0 Å². The molecule has 8 heteroatoms. The molecule has 3 aromatic rings.